The van der Waals surface area contributed by atoms with Crippen molar-refractivity contribution in [3.8, 4) is 0 Å². The third kappa shape index (κ3) is 7.71. The van der Waals surface area contributed by atoms with Crippen molar-refractivity contribution in [3.63, 3.8) is 0 Å². The lowest BCUT2D eigenvalue weighted by atomic mass is 9.65. The summed E-state index contributed by atoms with van der Waals surface area (Å²) >= 11 is 0. The number of nitrogens with one attached hydrogen (secondary N) is 1. The number of nitrogens with zero attached hydrogens (tertiary/aromatic N) is 2. The van der Waals surface area contributed by atoms with E-state index in [4.69, 9.17) is 4.74 Å². The van der Waals surface area contributed by atoms with E-state index in [0.717, 1.165) is 11.1 Å². The highest BCUT2D eigenvalue weighted by Gasteiger charge is 2.51. The molecule has 1 N–H and O–H groups in total. The third-order valence-corrected chi connectivity index (χ3v) is 9.83. The number of cyclic esters (lactones) is 1. The molecular formula is C36H41N3O5S. The molecule has 9 heteroatoms. The number of imidazole rings is 1. The predicted octanol–water partition coefficient (Wildman–Crippen LogP) is 6.49. The summed E-state index contributed by atoms with van der Waals surface area (Å²) in [6.07, 6.45) is 5.41. The molecule has 236 valence electrons. The summed E-state index contributed by atoms with van der Waals surface area (Å²) in [7, 11) is -2.24. The highest BCUT2D eigenvalue weighted by Crippen LogP contribution is 2.47. The first-order valence-electron chi connectivity index (χ1n) is 15.3. The molecule has 1 fully saturated rings. The highest BCUT2D eigenvalue weighted by molar-refractivity contribution is 7.92. The molecule has 0 bridgehead atoms. The maximum atomic E-state index is 14.2. The zero-order valence-corrected chi connectivity index (χ0v) is 27.1. The molecule has 4 aromatic rings. The van der Waals surface area contributed by atoms with E-state index in [1.54, 1.807) is 29.8 Å². The predicted molar refractivity (Wildman–Crippen MR) is 174 cm³/mol. The van der Waals surface area contributed by atoms with Crippen LogP contribution in [-0.4, -0.2) is 35.3 Å². The van der Waals surface area contributed by atoms with Crippen molar-refractivity contribution in [2.45, 2.75) is 69.4 Å². The molecule has 0 radical (unpaired) electrons. The van der Waals surface area contributed by atoms with E-state index in [1.165, 1.54) is 12.5 Å². The minimum atomic E-state index is -3.93. The van der Waals surface area contributed by atoms with Gasteiger partial charge < -0.3 is 9.30 Å². The van der Waals surface area contributed by atoms with Gasteiger partial charge in [-0.05, 0) is 59.9 Å². The molecule has 1 saturated heterocycles. The van der Waals surface area contributed by atoms with Crippen molar-refractivity contribution in [1.29, 1.82) is 0 Å². The van der Waals surface area contributed by atoms with Gasteiger partial charge in [-0.25, -0.2) is 4.98 Å². The average molecular weight is 628 g/mol. The van der Waals surface area contributed by atoms with E-state index in [1.807, 2.05) is 87.5 Å². The summed E-state index contributed by atoms with van der Waals surface area (Å²) in [6.45, 7) is 5.95. The van der Waals surface area contributed by atoms with Gasteiger partial charge in [0.25, 0.3) is 10.0 Å². The second-order valence-corrected chi connectivity index (χ2v) is 14.8. The first-order valence-corrected chi connectivity index (χ1v) is 16.8. The first kappa shape index (κ1) is 32.2. The second kappa shape index (κ2) is 13.0. The number of hydrogen-bond acceptors (Lipinski definition) is 6. The molecule has 2 unspecified atom stereocenters. The first-order chi connectivity index (χ1) is 21.4. The molecule has 1 aromatic heterocycles. The fourth-order valence-electron chi connectivity index (χ4n) is 6.35. The molecule has 0 saturated carbocycles. The van der Waals surface area contributed by atoms with Crippen LogP contribution in [0.2, 0.25) is 0 Å². The van der Waals surface area contributed by atoms with Gasteiger partial charge in [-0.2, -0.15) is 8.42 Å². The SMILES string of the molecule is Cn1cnc(S(=O)(=O)Nc2cccc(C(C3C(=O)CC(CCc4ccccc4)(CCc4ccccc4)OC3=O)C(C)(C)C)c2)c1. The molecule has 45 heavy (non-hydrogen) atoms. The third-order valence-electron chi connectivity index (χ3n) is 8.56. The van der Waals surface area contributed by atoms with Crippen LogP contribution in [-0.2, 0) is 44.2 Å². The Morgan fingerprint density at radius 2 is 1.53 bits per heavy atom. The van der Waals surface area contributed by atoms with Gasteiger partial charge in [0.05, 0.1) is 6.33 Å². The maximum Gasteiger partial charge on any atom is 0.317 e. The summed E-state index contributed by atoms with van der Waals surface area (Å²) < 4.78 is 36.5. The number of ether oxygens (including phenoxy) is 1. The van der Waals surface area contributed by atoms with E-state index in [2.05, 4.69) is 9.71 Å². The van der Waals surface area contributed by atoms with Crippen LogP contribution in [0.1, 0.15) is 62.6 Å². The number of aromatic nitrogens is 2. The van der Waals surface area contributed by atoms with E-state index < -0.39 is 38.8 Å². The summed E-state index contributed by atoms with van der Waals surface area (Å²) in [6, 6.07) is 27.0. The van der Waals surface area contributed by atoms with Crippen molar-refractivity contribution >= 4 is 27.5 Å². The van der Waals surface area contributed by atoms with E-state index in [-0.39, 0.29) is 17.2 Å². The summed E-state index contributed by atoms with van der Waals surface area (Å²) in [4.78, 5) is 32.2. The van der Waals surface area contributed by atoms with Gasteiger partial charge in [-0.15, -0.1) is 0 Å². The topological polar surface area (TPSA) is 107 Å². The molecule has 2 atom stereocenters. The van der Waals surface area contributed by atoms with Crippen LogP contribution >= 0.6 is 0 Å². The smallest absolute Gasteiger partial charge is 0.317 e. The minimum absolute atomic E-state index is 0.101. The number of esters is 1. The Bertz CT molecular complexity index is 1680. The van der Waals surface area contributed by atoms with E-state index in [0.29, 0.717) is 36.9 Å². The lowest BCUT2D eigenvalue weighted by molar-refractivity contribution is -0.181. The van der Waals surface area contributed by atoms with Gasteiger partial charge in [0.15, 0.2) is 10.8 Å². The number of hydrogen-bond donors (Lipinski definition) is 1. The molecule has 0 spiro atoms. The molecule has 1 aliphatic heterocycles. The second-order valence-electron chi connectivity index (χ2n) is 13.1. The molecule has 0 aliphatic carbocycles. The van der Waals surface area contributed by atoms with Gasteiger partial charge in [-0.3, -0.25) is 14.3 Å². The van der Waals surface area contributed by atoms with Gasteiger partial charge >= 0.3 is 5.97 Å². The zero-order valence-electron chi connectivity index (χ0n) is 26.3. The molecule has 3 aromatic carbocycles. The van der Waals surface area contributed by atoms with Crippen LogP contribution in [0.5, 0.6) is 0 Å². The summed E-state index contributed by atoms with van der Waals surface area (Å²) in [5, 5.41) is -0.101. The standard InChI is InChI=1S/C36H41N3O5S/c1-35(2,3)33(28-16-11-17-29(22-28)38-45(42,43)31-24-39(4)25-37-31)32-30(40)23-36(44-34(32)41,20-18-26-12-7-5-8-13-26)21-19-27-14-9-6-10-15-27/h5-17,22,24-25,32-33,38H,18-21,23H2,1-4H3. The van der Waals surface area contributed by atoms with Crippen LogP contribution in [0.15, 0.2) is 102 Å². The quantitative estimate of drug-likeness (QED) is 0.151. The van der Waals surface area contributed by atoms with Crippen LogP contribution in [0.4, 0.5) is 5.69 Å². The molecular weight excluding hydrogens is 586 g/mol. The fourth-order valence-corrected chi connectivity index (χ4v) is 7.39. The Morgan fingerprint density at radius 1 is 0.933 bits per heavy atom. The number of anilines is 1. The van der Waals surface area contributed by atoms with Gasteiger partial charge in [0, 0.05) is 31.3 Å². The largest absolute Gasteiger partial charge is 0.458 e. The Balaban J connectivity index is 1.42. The number of sulfonamides is 1. The molecule has 8 nitrogen and oxygen atoms in total. The lowest BCUT2D eigenvalue weighted by Crippen LogP contribution is -2.51. The summed E-state index contributed by atoms with van der Waals surface area (Å²) in [5.74, 6) is -2.23. The summed E-state index contributed by atoms with van der Waals surface area (Å²) in [5.41, 5.74) is 1.81. The Hall–Kier alpha value is -4.24. The molecule has 2 heterocycles. The maximum absolute atomic E-state index is 14.2. The Morgan fingerprint density at radius 3 is 2.04 bits per heavy atom. The normalized spacial score (nSPS) is 17.5. The van der Waals surface area contributed by atoms with E-state index in [9.17, 15) is 18.0 Å². The number of Topliss-reactive ketones (excluding diaryl/α,β-unsaturated/α-hetero) is 1. The van der Waals surface area contributed by atoms with E-state index >= 15 is 0 Å². The van der Waals surface area contributed by atoms with Gasteiger partial charge in [0.1, 0.15) is 11.5 Å². The number of ketones is 1. The number of benzene rings is 3. The van der Waals surface area contributed by atoms with Crippen molar-refractivity contribution in [1.82, 2.24) is 9.55 Å². The molecule has 0 amide bonds. The van der Waals surface area contributed by atoms with Gasteiger partial charge in [-0.1, -0.05) is 93.6 Å². The Labute approximate surface area is 265 Å². The van der Waals surface area contributed by atoms with Crippen LogP contribution in [0, 0.1) is 11.3 Å². The van der Waals surface area contributed by atoms with Crippen LogP contribution in [0.25, 0.3) is 0 Å². The van der Waals surface area contributed by atoms with Crippen LogP contribution in [0.3, 0.4) is 0 Å². The molecule has 1 aliphatic rings. The molecule has 5 rings (SSSR count). The van der Waals surface area contributed by atoms with Crippen molar-refractivity contribution < 1.29 is 22.7 Å². The minimum Gasteiger partial charge on any atom is -0.458 e. The van der Waals surface area contributed by atoms with Crippen LogP contribution < -0.4 is 4.72 Å². The highest BCUT2D eigenvalue weighted by atomic mass is 32.2. The van der Waals surface area contributed by atoms with Crippen molar-refractivity contribution in [2.24, 2.45) is 18.4 Å². The Kier molecular flexibility index (Phi) is 9.30. The zero-order chi connectivity index (χ0) is 32.2. The fraction of sp³-hybridized carbons (Fsp3) is 0.361. The number of rotatable bonds is 11. The lowest BCUT2D eigenvalue weighted by Gasteiger charge is -2.44. The number of carbonyl (C=O) groups is 2. The number of aryl methyl sites for hydroxylation is 3. The average Bonchev–Trinajstić information content (AvgIpc) is 3.45. The van der Waals surface area contributed by atoms with Crippen molar-refractivity contribution in [2.75, 3.05) is 4.72 Å². The number of carbonyl (C=O) groups excluding carboxylic acids is 2. The van der Waals surface area contributed by atoms with Crippen molar-refractivity contribution in [3.05, 3.63) is 114 Å². The monoisotopic (exact) mass is 627 g/mol. The van der Waals surface area contributed by atoms with Gasteiger partial charge in [0.2, 0.25) is 0 Å².